The van der Waals surface area contributed by atoms with Crippen LogP contribution in [0.3, 0.4) is 0 Å². The molecule has 0 N–H and O–H groups in total. The third-order valence-corrected chi connectivity index (χ3v) is 1.79. The van der Waals surface area contributed by atoms with Crippen molar-refractivity contribution in [1.82, 2.24) is 0 Å². The molecule has 0 rings (SSSR count). The molecule has 0 spiro atoms. The van der Waals surface area contributed by atoms with Gasteiger partial charge in [-0.2, -0.15) is 5.26 Å². The van der Waals surface area contributed by atoms with Crippen LogP contribution in [-0.2, 0) is 0 Å². The SMILES string of the molecule is CCCCCCSC#N. The second kappa shape index (κ2) is 7.84. The van der Waals surface area contributed by atoms with E-state index in [4.69, 9.17) is 5.26 Å². The number of hydrogen-bond acceptors (Lipinski definition) is 2. The number of nitriles is 1. The summed E-state index contributed by atoms with van der Waals surface area (Å²) >= 11 is 1.36. The molecule has 0 fully saturated rings. The largest absolute Gasteiger partial charge is 0.185 e. The lowest BCUT2D eigenvalue weighted by Gasteiger charge is -1.92. The zero-order valence-corrected chi connectivity index (χ0v) is 6.71. The van der Waals surface area contributed by atoms with Gasteiger partial charge in [0.15, 0.2) is 0 Å². The lowest BCUT2D eigenvalue weighted by Crippen LogP contribution is -1.77. The van der Waals surface area contributed by atoms with E-state index in [1.54, 1.807) is 0 Å². The monoisotopic (exact) mass is 143 g/mol. The molecule has 0 radical (unpaired) electrons. The topological polar surface area (TPSA) is 23.8 Å². The maximum atomic E-state index is 8.14. The summed E-state index contributed by atoms with van der Waals surface area (Å²) < 4.78 is 0. The van der Waals surface area contributed by atoms with Gasteiger partial charge < -0.3 is 0 Å². The lowest BCUT2D eigenvalue weighted by molar-refractivity contribution is 0.707. The summed E-state index contributed by atoms with van der Waals surface area (Å²) in [4.78, 5) is 0. The van der Waals surface area contributed by atoms with Crippen LogP contribution in [0, 0.1) is 10.7 Å². The van der Waals surface area contributed by atoms with E-state index in [1.807, 2.05) is 0 Å². The maximum Gasteiger partial charge on any atom is 0.133 e. The van der Waals surface area contributed by atoms with E-state index >= 15 is 0 Å². The van der Waals surface area contributed by atoms with Gasteiger partial charge in [-0.15, -0.1) is 0 Å². The fourth-order valence-electron chi connectivity index (χ4n) is 0.647. The summed E-state index contributed by atoms with van der Waals surface area (Å²) in [6, 6.07) is 0. The maximum absolute atomic E-state index is 8.14. The molecule has 0 atom stereocenters. The van der Waals surface area contributed by atoms with Crippen molar-refractivity contribution in [3.63, 3.8) is 0 Å². The summed E-state index contributed by atoms with van der Waals surface area (Å²) in [6.07, 6.45) is 5.07. The summed E-state index contributed by atoms with van der Waals surface area (Å²) in [5.74, 6) is 1.01. The van der Waals surface area contributed by atoms with Crippen molar-refractivity contribution in [2.45, 2.75) is 32.6 Å². The minimum atomic E-state index is 1.01. The quantitative estimate of drug-likeness (QED) is 0.436. The first-order chi connectivity index (χ1) is 4.41. The molecule has 1 nitrogen and oxygen atoms in total. The molecule has 0 aromatic carbocycles. The zero-order chi connectivity index (χ0) is 6.95. The van der Waals surface area contributed by atoms with Crippen LogP contribution < -0.4 is 0 Å². The Balaban J connectivity index is 2.69. The number of hydrogen-bond donors (Lipinski definition) is 0. The van der Waals surface area contributed by atoms with Gasteiger partial charge in [-0.25, -0.2) is 0 Å². The van der Waals surface area contributed by atoms with E-state index < -0.39 is 0 Å². The Bertz CT molecular complexity index is 85.4. The fourth-order valence-corrected chi connectivity index (χ4v) is 1.09. The van der Waals surface area contributed by atoms with Crippen molar-refractivity contribution in [2.24, 2.45) is 0 Å². The molecule has 9 heavy (non-hydrogen) atoms. The van der Waals surface area contributed by atoms with Crippen LogP contribution in [0.2, 0.25) is 0 Å². The number of thiocyanates is 1. The van der Waals surface area contributed by atoms with E-state index in [0.29, 0.717) is 0 Å². The van der Waals surface area contributed by atoms with Crippen LogP contribution >= 0.6 is 11.8 Å². The van der Waals surface area contributed by atoms with Crippen molar-refractivity contribution >= 4 is 11.8 Å². The Morgan fingerprint density at radius 1 is 1.33 bits per heavy atom. The zero-order valence-electron chi connectivity index (χ0n) is 5.89. The van der Waals surface area contributed by atoms with Gasteiger partial charge >= 0.3 is 0 Å². The summed E-state index contributed by atoms with van der Waals surface area (Å²) in [7, 11) is 0. The lowest BCUT2D eigenvalue weighted by atomic mass is 10.2. The van der Waals surface area contributed by atoms with Gasteiger partial charge in [-0.1, -0.05) is 26.2 Å². The van der Waals surface area contributed by atoms with E-state index in [9.17, 15) is 0 Å². The minimum Gasteiger partial charge on any atom is -0.185 e. The van der Waals surface area contributed by atoms with Gasteiger partial charge in [0.2, 0.25) is 0 Å². The first-order valence-corrected chi connectivity index (χ1v) is 4.41. The first-order valence-electron chi connectivity index (χ1n) is 3.42. The number of thioether (sulfide) groups is 1. The highest BCUT2D eigenvalue weighted by molar-refractivity contribution is 8.03. The molecule has 0 aromatic heterocycles. The third-order valence-electron chi connectivity index (χ3n) is 1.16. The minimum absolute atomic E-state index is 1.01. The average Bonchev–Trinajstić information content (AvgIpc) is 1.89. The van der Waals surface area contributed by atoms with E-state index in [-0.39, 0.29) is 0 Å². The molecular formula is C7H13NS. The summed E-state index contributed by atoms with van der Waals surface area (Å²) in [6.45, 7) is 2.19. The molecule has 0 aromatic rings. The smallest absolute Gasteiger partial charge is 0.133 e. The van der Waals surface area contributed by atoms with Crippen molar-refractivity contribution < 1.29 is 0 Å². The third kappa shape index (κ3) is 7.84. The van der Waals surface area contributed by atoms with Gasteiger partial charge in [0.05, 0.1) is 0 Å². The molecule has 0 unspecified atom stereocenters. The van der Waals surface area contributed by atoms with Crippen LogP contribution in [0.15, 0.2) is 0 Å². The van der Waals surface area contributed by atoms with Crippen LogP contribution in [0.25, 0.3) is 0 Å². The van der Waals surface area contributed by atoms with Crippen LogP contribution in [0.1, 0.15) is 32.6 Å². The normalized spacial score (nSPS) is 8.89. The summed E-state index contributed by atoms with van der Waals surface area (Å²) in [5.41, 5.74) is 0. The Kier molecular flexibility index (Phi) is 7.70. The average molecular weight is 143 g/mol. The molecule has 0 saturated carbocycles. The van der Waals surface area contributed by atoms with Crippen molar-refractivity contribution in [2.75, 3.05) is 5.75 Å². The highest BCUT2D eigenvalue weighted by Crippen LogP contribution is 2.04. The number of unbranched alkanes of at least 4 members (excludes halogenated alkanes) is 3. The number of nitrogens with zero attached hydrogens (tertiary/aromatic N) is 1. The second-order valence-electron chi connectivity index (χ2n) is 2.00. The van der Waals surface area contributed by atoms with Gasteiger partial charge in [-0.05, 0) is 18.2 Å². The molecule has 0 aliphatic rings. The predicted octanol–water partition coefficient (Wildman–Crippen LogP) is 2.78. The van der Waals surface area contributed by atoms with E-state index in [2.05, 4.69) is 12.3 Å². The highest BCUT2D eigenvalue weighted by Gasteiger charge is 1.86. The Labute approximate surface area is 61.4 Å². The van der Waals surface area contributed by atoms with Gasteiger partial charge in [0.1, 0.15) is 5.40 Å². The van der Waals surface area contributed by atoms with Gasteiger partial charge in [0.25, 0.3) is 0 Å². The van der Waals surface area contributed by atoms with Gasteiger partial charge in [-0.3, -0.25) is 0 Å². The molecule has 52 valence electrons. The van der Waals surface area contributed by atoms with Crippen molar-refractivity contribution in [3.8, 4) is 5.40 Å². The fraction of sp³-hybridized carbons (Fsp3) is 0.857. The van der Waals surface area contributed by atoms with Crippen molar-refractivity contribution in [1.29, 1.82) is 5.26 Å². The molecule has 0 heterocycles. The van der Waals surface area contributed by atoms with E-state index in [1.165, 1.54) is 37.4 Å². The van der Waals surface area contributed by atoms with Crippen LogP contribution in [-0.4, -0.2) is 5.75 Å². The first kappa shape index (κ1) is 8.84. The predicted molar refractivity (Wildman–Crippen MR) is 42.2 cm³/mol. The van der Waals surface area contributed by atoms with Crippen LogP contribution in [0.4, 0.5) is 0 Å². The molecule has 0 amide bonds. The molecule has 0 saturated heterocycles. The van der Waals surface area contributed by atoms with Crippen molar-refractivity contribution in [3.05, 3.63) is 0 Å². The Morgan fingerprint density at radius 3 is 2.67 bits per heavy atom. The van der Waals surface area contributed by atoms with Gasteiger partial charge in [0, 0.05) is 5.75 Å². The summed E-state index contributed by atoms with van der Waals surface area (Å²) in [5, 5.41) is 10.2. The standard InChI is InChI=1S/C7H13NS/c1-2-3-4-5-6-9-7-8/h2-6H2,1H3. The molecule has 0 bridgehead atoms. The molecule has 0 aliphatic carbocycles. The Hall–Kier alpha value is -0.160. The highest BCUT2D eigenvalue weighted by atomic mass is 32.2. The molecule has 2 heteroatoms. The molecule has 0 aliphatic heterocycles. The number of rotatable bonds is 5. The van der Waals surface area contributed by atoms with E-state index in [0.717, 1.165) is 5.75 Å². The molecular weight excluding hydrogens is 130 g/mol. The Morgan fingerprint density at radius 2 is 2.11 bits per heavy atom. The second-order valence-corrected chi connectivity index (χ2v) is 2.88. The van der Waals surface area contributed by atoms with Crippen LogP contribution in [0.5, 0.6) is 0 Å².